The van der Waals surface area contributed by atoms with E-state index in [0.29, 0.717) is 36.9 Å². The minimum atomic E-state index is -4.08. The number of hydrogen-bond donors (Lipinski definition) is 2. The number of para-hydroxylation sites is 2. The Bertz CT molecular complexity index is 1850. The van der Waals surface area contributed by atoms with E-state index in [2.05, 4.69) is 46.3 Å². The average molecular weight is 684 g/mol. The van der Waals surface area contributed by atoms with Crippen LogP contribution in [0.2, 0.25) is 0 Å². The first-order valence-corrected chi connectivity index (χ1v) is 18.1. The maximum absolute atomic E-state index is 14.0. The zero-order chi connectivity index (χ0) is 35.0. The van der Waals surface area contributed by atoms with Crippen LogP contribution >= 0.6 is 0 Å². The van der Waals surface area contributed by atoms with Crippen molar-refractivity contribution in [3.8, 4) is 5.75 Å². The Morgan fingerprint density at radius 3 is 2.22 bits per heavy atom. The third-order valence-corrected chi connectivity index (χ3v) is 10.3. The van der Waals surface area contributed by atoms with Crippen LogP contribution in [0.4, 0.5) is 17.3 Å². The largest absolute Gasteiger partial charge is 0.491 e. The predicted octanol–water partition coefficient (Wildman–Crippen LogP) is 6.10. The number of benzene rings is 3. The van der Waals surface area contributed by atoms with Gasteiger partial charge in [-0.05, 0) is 86.6 Å². The van der Waals surface area contributed by atoms with Crippen molar-refractivity contribution in [3.05, 3.63) is 101 Å². The standard InChI is InChI=1S/C37H45N7O4S/c1-26(2)29-17-19-30(20-18-29)41-36(38)42-37-39-27(3)32(28(4)40-37)21-24-48-34-16-10-9-15-33(34)44(25-35(45)43-22-11-6-12-23-43)49(46,47)31-13-7-5-8-14-31/h5,7-10,13-20,26H,6,11-12,21-25H2,1-4H3,(H3,38,39,40,41,42). The zero-order valence-corrected chi connectivity index (χ0v) is 29.4. The molecular formula is C37H45N7O4S. The molecule has 1 aromatic heterocycles. The number of nitrogens with one attached hydrogen (secondary N) is 1. The molecular weight excluding hydrogens is 639 g/mol. The number of carbonyl (C=O) groups is 1. The Kier molecular flexibility index (Phi) is 11.5. The molecule has 0 saturated carbocycles. The third-order valence-electron chi connectivity index (χ3n) is 8.54. The summed E-state index contributed by atoms with van der Waals surface area (Å²) >= 11 is 0. The van der Waals surface area contributed by atoms with Crippen LogP contribution in [-0.2, 0) is 21.2 Å². The van der Waals surface area contributed by atoms with Gasteiger partial charge in [0.05, 0.1) is 17.2 Å². The summed E-state index contributed by atoms with van der Waals surface area (Å²) < 4.78 is 35.4. The summed E-state index contributed by atoms with van der Waals surface area (Å²) in [5.41, 5.74) is 10.9. The molecule has 3 aromatic carbocycles. The molecule has 1 saturated heterocycles. The number of guanidine groups is 1. The number of anilines is 2. The van der Waals surface area contributed by atoms with Gasteiger partial charge in [-0.3, -0.25) is 9.10 Å². The molecule has 0 aliphatic carbocycles. The molecule has 4 aromatic rings. The molecule has 1 aliphatic heterocycles. The number of likely N-dealkylation sites (tertiary alicyclic amines) is 1. The number of nitrogens with two attached hydrogens (primary N) is 1. The SMILES string of the molecule is Cc1nc(N=C(N)Nc2ccc(C(C)C)cc2)nc(C)c1CCOc1ccccc1N(CC(=O)N1CCCCC1)S(=O)(=O)c1ccccc1. The molecule has 1 fully saturated rings. The molecule has 1 amide bonds. The number of rotatable bonds is 12. The van der Waals surface area contributed by atoms with Crippen molar-refractivity contribution in [3.63, 3.8) is 0 Å². The Balaban J connectivity index is 1.31. The smallest absolute Gasteiger partial charge is 0.264 e. The van der Waals surface area contributed by atoms with Crippen LogP contribution in [0.3, 0.4) is 0 Å². The number of sulfonamides is 1. The predicted molar refractivity (Wildman–Crippen MR) is 194 cm³/mol. The lowest BCUT2D eigenvalue weighted by Crippen LogP contribution is -2.45. The van der Waals surface area contributed by atoms with Crippen molar-refractivity contribution in [2.24, 2.45) is 10.7 Å². The van der Waals surface area contributed by atoms with Gasteiger partial charge in [0.15, 0.2) is 0 Å². The first kappa shape index (κ1) is 35.3. The van der Waals surface area contributed by atoms with Crippen molar-refractivity contribution in [2.75, 3.05) is 35.9 Å². The Labute approximate surface area is 289 Å². The van der Waals surface area contributed by atoms with Gasteiger partial charge in [-0.15, -0.1) is 0 Å². The minimum Gasteiger partial charge on any atom is -0.491 e. The molecule has 5 rings (SSSR count). The second-order valence-electron chi connectivity index (χ2n) is 12.4. The molecule has 11 nitrogen and oxygen atoms in total. The van der Waals surface area contributed by atoms with Gasteiger partial charge in [0.1, 0.15) is 12.3 Å². The fourth-order valence-electron chi connectivity index (χ4n) is 5.80. The molecule has 2 heterocycles. The molecule has 0 atom stereocenters. The van der Waals surface area contributed by atoms with Crippen LogP contribution in [0, 0.1) is 13.8 Å². The normalized spacial score (nSPS) is 13.7. The number of piperidine rings is 1. The highest BCUT2D eigenvalue weighted by atomic mass is 32.2. The number of hydrogen-bond acceptors (Lipinski definition) is 7. The quantitative estimate of drug-likeness (QED) is 0.135. The minimum absolute atomic E-state index is 0.0993. The highest BCUT2D eigenvalue weighted by molar-refractivity contribution is 7.92. The maximum atomic E-state index is 14.0. The van der Waals surface area contributed by atoms with Gasteiger partial charge >= 0.3 is 0 Å². The van der Waals surface area contributed by atoms with E-state index in [4.69, 9.17) is 10.5 Å². The third kappa shape index (κ3) is 8.94. The molecule has 0 spiro atoms. The van der Waals surface area contributed by atoms with Crippen LogP contribution in [0.15, 0.2) is 88.8 Å². The van der Waals surface area contributed by atoms with Crippen LogP contribution < -0.4 is 20.1 Å². The highest BCUT2D eigenvalue weighted by Crippen LogP contribution is 2.33. The van der Waals surface area contributed by atoms with E-state index in [-0.39, 0.29) is 35.9 Å². The molecule has 258 valence electrons. The summed E-state index contributed by atoms with van der Waals surface area (Å²) in [6.45, 7) is 9.18. The van der Waals surface area contributed by atoms with Crippen molar-refractivity contribution in [2.45, 2.75) is 64.2 Å². The molecule has 49 heavy (non-hydrogen) atoms. The van der Waals surface area contributed by atoms with Crippen LogP contribution in [0.5, 0.6) is 5.75 Å². The first-order chi connectivity index (χ1) is 23.5. The molecule has 0 unspecified atom stereocenters. The van der Waals surface area contributed by atoms with E-state index in [1.54, 1.807) is 47.4 Å². The fourth-order valence-corrected chi connectivity index (χ4v) is 7.25. The van der Waals surface area contributed by atoms with E-state index in [9.17, 15) is 13.2 Å². The van der Waals surface area contributed by atoms with E-state index < -0.39 is 10.0 Å². The van der Waals surface area contributed by atoms with Crippen molar-refractivity contribution in [1.82, 2.24) is 14.9 Å². The Morgan fingerprint density at radius 2 is 1.57 bits per heavy atom. The van der Waals surface area contributed by atoms with Crippen LogP contribution in [0.1, 0.15) is 61.5 Å². The summed E-state index contributed by atoms with van der Waals surface area (Å²) in [6, 6.07) is 23.1. The van der Waals surface area contributed by atoms with Crippen molar-refractivity contribution >= 4 is 39.2 Å². The first-order valence-electron chi connectivity index (χ1n) is 16.7. The zero-order valence-electron chi connectivity index (χ0n) is 28.6. The van der Waals surface area contributed by atoms with Crippen molar-refractivity contribution < 1.29 is 17.9 Å². The summed E-state index contributed by atoms with van der Waals surface area (Å²) in [5.74, 6) is 0.973. The van der Waals surface area contributed by atoms with E-state index in [1.165, 1.54) is 17.7 Å². The van der Waals surface area contributed by atoms with Crippen LogP contribution in [0.25, 0.3) is 0 Å². The summed E-state index contributed by atoms with van der Waals surface area (Å²) in [5, 5.41) is 3.09. The van der Waals surface area contributed by atoms with E-state index in [1.807, 2.05) is 26.0 Å². The number of aryl methyl sites for hydroxylation is 2. The van der Waals surface area contributed by atoms with Gasteiger partial charge in [0.2, 0.25) is 11.9 Å². The average Bonchev–Trinajstić information content (AvgIpc) is 3.09. The number of carbonyl (C=O) groups excluding carboxylic acids is 1. The van der Waals surface area contributed by atoms with E-state index >= 15 is 0 Å². The number of aliphatic imine (C=N–C) groups is 1. The van der Waals surface area contributed by atoms with E-state index in [0.717, 1.165) is 46.2 Å². The summed E-state index contributed by atoms with van der Waals surface area (Å²) in [7, 11) is -4.08. The lowest BCUT2D eigenvalue weighted by molar-refractivity contribution is -0.130. The number of ether oxygens (including phenoxy) is 1. The Hall–Kier alpha value is -4.97. The molecule has 3 N–H and O–H groups in total. The lowest BCUT2D eigenvalue weighted by Gasteiger charge is -2.31. The maximum Gasteiger partial charge on any atom is 0.264 e. The molecule has 12 heteroatoms. The van der Waals surface area contributed by atoms with Crippen molar-refractivity contribution in [1.29, 1.82) is 0 Å². The van der Waals surface area contributed by atoms with Gasteiger partial charge < -0.3 is 20.7 Å². The summed E-state index contributed by atoms with van der Waals surface area (Å²) in [4.78, 5) is 28.8. The number of amides is 1. The van der Waals surface area contributed by atoms with Gasteiger partial charge in [-0.1, -0.05) is 56.3 Å². The van der Waals surface area contributed by atoms with Gasteiger partial charge in [0, 0.05) is 36.6 Å². The van der Waals surface area contributed by atoms with Gasteiger partial charge in [-0.25, -0.2) is 18.4 Å². The van der Waals surface area contributed by atoms with Gasteiger partial charge in [0.25, 0.3) is 16.0 Å². The highest BCUT2D eigenvalue weighted by Gasteiger charge is 2.31. The molecule has 0 bridgehead atoms. The second-order valence-corrected chi connectivity index (χ2v) is 14.3. The monoisotopic (exact) mass is 683 g/mol. The molecule has 1 aliphatic rings. The second kappa shape index (κ2) is 16.0. The topological polar surface area (TPSA) is 143 Å². The lowest BCUT2D eigenvalue weighted by atomic mass is 10.0. The number of nitrogens with zero attached hydrogens (tertiary/aromatic N) is 5. The van der Waals surface area contributed by atoms with Gasteiger partial charge in [-0.2, -0.15) is 4.99 Å². The fraction of sp³-hybridized carbons (Fsp3) is 0.351. The Morgan fingerprint density at radius 1 is 0.939 bits per heavy atom. The number of aromatic nitrogens is 2. The summed E-state index contributed by atoms with van der Waals surface area (Å²) in [6.07, 6.45) is 3.34. The van der Waals surface area contributed by atoms with Crippen LogP contribution in [-0.4, -0.2) is 61.4 Å². The molecule has 0 radical (unpaired) electrons.